The molecule has 3 aromatic rings. The quantitative estimate of drug-likeness (QED) is 0.514. The highest BCUT2D eigenvalue weighted by molar-refractivity contribution is 8.00. The molecule has 0 unspecified atom stereocenters. The number of benzene rings is 1. The number of amides is 3. The van der Waals surface area contributed by atoms with Crippen molar-refractivity contribution in [3.8, 4) is 5.69 Å². The number of fused-ring (bicyclic) bond motifs is 1. The third-order valence-corrected chi connectivity index (χ3v) is 4.91. The monoisotopic (exact) mass is 386 g/mol. The molecule has 1 saturated carbocycles. The SMILES string of the molecule is O=C(CSc1ncnc2c1cnn2-c1ccc(F)cc1)NC(=O)NC1CC1. The van der Waals surface area contributed by atoms with Gasteiger partial charge >= 0.3 is 6.03 Å². The number of imide groups is 1. The van der Waals surface area contributed by atoms with Crippen molar-refractivity contribution < 1.29 is 14.0 Å². The van der Waals surface area contributed by atoms with Gasteiger partial charge in [-0.1, -0.05) is 11.8 Å². The maximum atomic E-state index is 13.1. The lowest BCUT2D eigenvalue weighted by Crippen LogP contribution is -2.41. The third kappa shape index (κ3) is 4.05. The van der Waals surface area contributed by atoms with E-state index in [9.17, 15) is 14.0 Å². The van der Waals surface area contributed by atoms with Gasteiger partial charge in [0.15, 0.2) is 5.65 Å². The van der Waals surface area contributed by atoms with Crippen LogP contribution in [0.4, 0.5) is 9.18 Å². The van der Waals surface area contributed by atoms with Gasteiger partial charge in [-0.3, -0.25) is 10.1 Å². The normalized spacial score (nSPS) is 13.5. The molecule has 0 spiro atoms. The molecule has 0 bridgehead atoms. The van der Waals surface area contributed by atoms with E-state index < -0.39 is 11.9 Å². The Labute approximate surface area is 157 Å². The Morgan fingerprint density at radius 1 is 1.22 bits per heavy atom. The van der Waals surface area contributed by atoms with Gasteiger partial charge in [0.1, 0.15) is 17.2 Å². The molecule has 0 saturated heterocycles. The van der Waals surface area contributed by atoms with E-state index in [1.54, 1.807) is 23.0 Å². The second kappa shape index (κ2) is 7.31. The van der Waals surface area contributed by atoms with E-state index in [1.807, 2.05) is 0 Å². The Kier molecular flexibility index (Phi) is 4.71. The zero-order valence-electron chi connectivity index (χ0n) is 14.1. The standard InChI is InChI=1S/C17H15FN6O2S/c18-10-1-5-12(6-2-10)24-15-13(7-21-24)16(20-9-19-15)27-8-14(25)23-17(26)22-11-3-4-11/h1-2,5-7,9,11H,3-4,8H2,(H2,22,23,25,26). The summed E-state index contributed by atoms with van der Waals surface area (Å²) in [6.45, 7) is 0. The third-order valence-electron chi connectivity index (χ3n) is 3.91. The zero-order valence-corrected chi connectivity index (χ0v) is 14.9. The Balaban J connectivity index is 1.47. The number of hydrogen-bond donors (Lipinski definition) is 2. The van der Waals surface area contributed by atoms with Crippen LogP contribution in [0, 0.1) is 5.82 Å². The highest BCUT2D eigenvalue weighted by Crippen LogP contribution is 2.25. The predicted octanol–water partition coefficient (Wildman–Crippen LogP) is 2.03. The summed E-state index contributed by atoms with van der Waals surface area (Å²) in [5, 5.41) is 10.5. The van der Waals surface area contributed by atoms with Crippen LogP contribution < -0.4 is 10.6 Å². The molecule has 0 aliphatic heterocycles. The smallest absolute Gasteiger partial charge is 0.321 e. The van der Waals surface area contributed by atoms with Gasteiger partial charge in [0.25, 0.3) is 0 Å². The second-order valence-corrected chi connectivity index (χ2v) is 7.00. The summed E-state index contributed by atoms with van der Waals surface area (Å²) in [7, 11) is 0. The van der Waals surface area contributed by atoms with E-state index in [1.165, 1.54) is 30.2 Å². The largest absolute Gasteiger partial charge is 0.335 e. The molecule has 1 aromatic carbocycles. The summed E-state index contributed by atoms with van der Waals surface area (Å²) >= 11 is 1.19. The van der Waals surface area contributed by atoms with Gasteiger partial charge in [-0.15, -0.1) is 0 Å². The molecule has 1 aliphatic rings. The molecular weight excluding hydrogens is 371 g/mol. The van der Waals surface area contributed by atoms with Crippen molar-refractivity contribution in [2.24, 2.45) is 0 Å². The zero-order chi connectivity index (χ0) is 18.8. The molecule has 10 heteroatoms. The van der Waals surface area contributed by atoms with Gasteiger partial charge < -0.3 is 5.32 Å². The van der Waals surface area contributed by atoms with Gasteiger partial charge in [0.2, 0.25) is 5.91 Å². The molecule has 4 rings (SSSR count). The number of aromatic nitrogens is 4. The maximum Gasteiger partial charge on any atom is 0.321 e. The first kappa shape index (κ1) is 17.4. The Hall–Kier alpha value is -3.01. The van der Waals surface area contributed by atoms with Crippen LogP contribution in [0.15, 0.2) is 41.8 Å². The summed E-state index contributed by atoms with van der Waals surface area (Å²) in [6, 6.07) is 5.60. The van der Waals surface area contributed by atoms with Crippen LogP contribution in [-0.2, 0) is 4.79 Å². The van der Waals surface area contributed by atoms with E-state index in [2.05, 4.69) is 25.7 Å². The van der Waals surface area contributed by atoms with Crippen molar-refractivity contribution in [3.63, 3.8) is 0 Å². The number of urea groups is 1. The molecule has 8 nitrogen and oxygen atoms in total. The minimum absolute atomic E-state index is 0.0337. The van der Waals surface area contributed by atoms with E-state index in [4.69, 9.17) is 0 Å². The number of carbonyl (C=O) groups excluding carboxylic acids is 2. The fraction of sp³-hybridized carbons (Fsp3) is 0.235. The number of rotatable bonds is 5. The molecule has 3 amide bonds. The molecule has 2 N–H and O–H groups in total. The van der Waals surface area contributed by atoms with Crippen molar-refractivity contribution in [3.05, 3.63) is 42.6 Å². The molecule has 0 radical (unpaired) electrons. The first-order chi connectivity index (χ1) is 13.1. The number of hydrogen-bond acceptors (Lipinski definition) is 6. The average Bonchev–Trinajstić information content (AvgIpc) is 3.35. The summed E-state index contributed by atoms with van der Waals surface area (Å²) in [5.74, 6) is -0.708. The molecule has 1 fully saturated rings. The first-order valence-electron chi connectivity index (χ1n) is 8.28. The molecule has 0 atom stereocenters. The average molecular weight is 386 g/mol. The number of halogens is 1. The first-order valence-corrected chi connectivity index (χ1v) is 9.26. The molecule has 1 aliphatic carbocycles. The number of thioether (sulfide) groups is 1. The summed E-state index contributed by atoms with van der Waals surface area (Å²) < 4.78 is 14.7. The van der Waals surface area contributed by atoms with Gasteiger partial charge in [-0.05, 0) is 37.1 Å². The fourth-order valence-corrected chi connectivity index (χ4v) is 3.22. The predicted molar refractivity (Wildman–Crippen MR) is 97.0 cm³/mol. The van der Waals surface area contributed by atoms with E-state index >= 15 is 0 Å². The van der Waals surface area contributed by atoms with Crippen LogP contribution in [-0.4, -0.2) is 43.5 Å². The van der Waals surface area contributed by atoms with Crippen LogP contribution >= 0.6 is 11.8 Å². The summed E-state index contributed by atoms with van der Waals surface area (Å²) in [4.78, 5) is 32.0. The van der Waals surface area contributed by atoms with Crippen molar-refractivity contribution >= 4 is 34.7 Å². The van der Waals surface area contributed by atoms with E-state index in [-0.39, 0.29) is 17.6 Å². The van der Waals surface area contributed by atoms with Gasteiger partial charge in [-0.2, -0.15) is 5.10 Å². The Morgan fingerprint density at radius 3 is 2.74 bits per heavy atom. The molecule has 2 aromatic heterocycles. The lowest BCUT2D eigenvalue weighted by molar-refractivity contribution is -0.117. The van der Waals surface area contributed by atoms with Crippen molar-refractivity contribution in [2.75, 3.05) is 5.75 Å². The van der Waals surface area contributed by atoms with Gasteiger partial charge in [0, 0.05) is 6.04 Å². The minimum atomic E-state index is -0.472. The van der Waals surface area contributed by atoms with Crippen LogP contribution in [0.1, 0.15) is 12.8 Å². The number of nitrogens with one attached hydrogen (secondary N) is 2. The molecule has 2 heterocycles. The number of carbonyl (C=O) groups is 2. The minimum Gasteiger partial charge on any atom is -0.335 e. The van der Waals surface area contributed by atoms with E-state index in [0.29, 0.717) is 21.7 Å². The van der Waals surface area contributed by atoms with Crippen LogP contribution in [0.25, 0.3) is 16.7 Å². The van der Waals surface area contributed by atoms with Crippen LogP contribution in [0.3, 0.4) is 0 Å². The Morgan fingerprint density at radius 2 is 2.00 bits per heavy atom. The lowest BCUT2D eigenvalue weighted by Gasteiger charge is -2.06. The maximum absolute atomic E-state index is 13.1. The Bertz CT molecular complexity index is 1000. The molecule has 138 valence electrons. The van der Waals surface area contributed by atoms with Crippen molar-refractivity contribution in [2.45, 2.75) is 23.9 Å². The van der Waals surface area contributed by atoms with Crippen LogP contribution in [0.5, 0.6) is 0 Å². The van der Waals surface area contributed by atoms with Crippen molar-refractivity contribution in [1.82, 2.24) is 30.4 Å². The number of nitrogens with zero attached hydrogens (tertiary/aromatic N) is 4. The topological polar surface area (TPSA) is 102 Å². The highest BCUT2D eigenvalue weighted by Gasteiger charge is 2.24. The fourth-order valence-electron chi connectivity index (χ4n) is 2.45. The van der Waals surface area contributed by atoms with E-state index in [0.717, 1.165) is 12.8 Å². The van der Waals surface area contributed by atoms with Gasteiger partial charge in [-0.25, -0.2) is 23.8 Å². The summed E-state index contributed by atoms with van der Waals surface area (Å²) in [5.41, 5.74) is 1.21. The van der Waals surface area contributed by atoms with Crippen LogP contribution in [0.2, 0.25) is 0 Å². The van der Waals surface area contributed by atoms with Crippen molar-refractivity contribution in [1.29, 1.82) is 0 Å². The lowest BCUT2D eigenvalue weighted by atomic mass is 10.3. The second-order valence-electron chi connectivity index (χ2n) is 6.03. The molecular formula is C17H15FN6O2S. The summed E-state index contributed by atoms with van der Waals surface area (Å²) in [6.07, 6.45) is 4.88. The van der Waals surface area contributed by atoms with Gasteiger partial charge in [0.05, 0.1) is 23.0 Å². The highest BCUT2D eigenvalue weighted by atomic mass is 32.2. The molecule has 27 heavy (non-hydrogen) atoms.